The summed E-state index contributed by atoms with van der Waals surface area (Å²) in [5.74, 6) is -1.80. The Kier molecular flexibility index (Phi) is 9.64. The second-order valence-electron chi connectivity index (χ2n) is 7.00. The van der Waals surface area contributed by atoms with Gasteiger partial charge in [0.1, 0.15) is 12.1 Å². The minimum absolute atomic E-state index is 0. The molecule has 3 amide bonds. The Morgan fingerprint density at radius 3 is 2.36 bits per heavy atom. The van der Waals surface area contributed by atoms with Crippen LogP contribution in [0.5, 0.6) is 0 Å². The predicted molar refractivity (Wildman–Crippen MR) is 98.8 cm³/mol. The third-order valence-corrected chi connectivity index (χ3v) is 4.43. The molecule has 9 heteroatoms. The summed E-state index contributed by atoms with van der Waals surface area (Å²) in [6.45, 7) is 4.57. The van der Waals surface area contributed by atoms with Crippen LogP contribution in [0.4, 0.5) is 0 Å². The molecule has 1 aromatic carbocycles. The van der Waals surface area contributed by atoms with E-state index in [0.29, 0.717) is 18.9 Å². The van der Waals surface area contributed by atoms with Crippen molar-refractivity contribution < 1.29 is 55.3 Å². The van der Waals surface area contributed by atoms with Crippen molar-refractivity contribution in [1.82, 2.24) is 15.5 Å². The molecule has 1 aromatic rings. The number of benzene rings is 1. The molecule has 0 spiro atoms. The molecule has 28 heavy (non-hydrogen) atoms. The third-order valence-electron chi connectivity index (χ3n) is 4.43. The fourth-order valence-electron chi connectivity index (χ4n) is 2.84. The SMILES string of the molecule is CC(C)CCNC(=O)[C@H](Cc1ccccc1)NC(=O)[C@@H]1[C@@H](C(=O)O)N1C=O.[H-].[Na+]. The number of amides is 3. The summed E-state index contributed by atoms with van der Waals surface area (Å²) in [4.78, 5) is 47.9. The number of carbonyl (C=O) groups is 4. The van der Waals surface area contributed by atoms with E-state index in [0.717, 1.165) is 16.9 Å². The van der Waals surface area contributed by atoms with Gasteiger partial charge < -0.3 is 22.1 Å². The Bertz CT molecular complexity index is 704. The van der Waals surface area contributed by atoms with E-state index in [-0.39, 0.29) is 43.3 Å². The molecule has 148 valence electrons. The first kappa shape index (κ1) is 24.1. The van der Waals surface area contributed by atoms with Crippen LogP contribution in [0.25, 0.3) is 0 Å². The second-order valence-corrected chi connectivity index (χ2v) is 7.00. The zero-order chi connectivity index (χ0) is 20.0. The summed E-state index contributed by atoms with van der Waals surface area (Å²) >= 11 is 0. The Labute approximate surface area is 187 Å². The molecular weight excluding hydrogens is 373 g/mol. The van der Waals surface area contributed by atoms with Crippen LogP contribution >= 0.6 is 0 Å². The van der Waals surface area contributed by atoms with Gasteiger partial charge in [-0.15, -0.1) is 0 Å². The van der Waals surface area contributed by atoms with Crippen molar-refractivity contribution in [1.29, 1.82) is 0 Å². The standard InChI is InChI=1S/C19H25N3O5.Na.H/c1-12(2)8-9-20-17(24)14(10-13-6-4-3-5-7-13)21-18(25)15-16(19(26)27)22(15)11-23;;/h3-7,11-12,14-16H,8-10H2,1-2H3,(H,20,24)(H,21,25)(H,26,27);;/q;+1;-1/t14-,15-,16-,22?;;/m0../s1. The molecule has 0 aliphatic carbocycles. The minimum Gasteiger partial charge on any atom is -1.00 e. The van der Waals surface area contributed by atoms with Crippen molar-refractivity contribution >= 4 is 24.2 Å². The smallest absolute Gasteiger partial charge is 1.00 e. The molecule has 1 saturated heterocycles. The summed E-state index contributed by atoms with van der Waals surface area (Å²) in [7, 11) is 0. The minimum atomic E-state index is -1.25. The zero-order valence-corrected chi connectivity index (χ0v) is 18.4. The number of hydrogen-bond donors (Lipinski definition) is 3. The van der Waals surface area contributed by atoms with Crippen molar-refractivity contribution in [2.45, 2.75) is 44.8 Å². The van der Waals surface area contributed by atoms with Gasteiger partial charge in [0, 0.05) is 13.0 Å². The van der Waals surface area contributed by atoms with Gasteiger partial charge in [-0.05, 0) is 17.9 Å². The van der Waals surface area contributed by atoms with Crippen LogP contribution in [0.3, 0.4) is 0 Å². The first-order valence-electron chi connectivity index (χ1n) is 8.92. The van der Waals surface area contributed by atoms with Crippen LogP contribution in [0.15, 0.2) is 30.3 Å². The fraction of sp³-hybridized carbons (Fsp3) is 0.474. The largest absolute Gasteiger partial charge is 1.00 e. The van der Waals surface area contributed by atoms with Crippen LogP contribution in [-0.4, -0.2) is 58.9 Å². The maximum absolute atomic E-state index is 12.5. The number of nitrogens with zero attached hydrogens (tertiary/aromatic N) is 1. The number of carboxylic acid groups (broad SMARTS) is 1. The molecule has 1 heterocycles. The van der Waals surface area contributed by atoms with Crippen molar-refractivity contribution in [3.05, 3.63) is 35.9 Å². The first-order valence-corrected chi connectivity index (χ1v) is 8.92. The average molecular weight is 399 g/mol. The quantitative estimate of drug-likeness (QED) is 0.225. The topological polar surface area (TPSA) is 116 Å². The number of carbonyl (C=O) groups excluding carboxylic acids is 3. The molecule has 2 rings (SSSR count). The maximum atomic E-state index is 12.5. The van der Waals surface area contributed by atoms with E-state index >= 15 is 0 Å². The fourth-order valence-corrected chi connectivity index (χ4v) is 2.84. The molecular formula is C19H26N3NaO5. The molecule has 0 saturated carbocycles. The van der Waals surface area contributed by atoms with Gasteiger partial charge in [-0.2, -0.15) is 0 Å². The molecule has 1 aliphatic rings. The number of carboxylic acids is 1. The predicted octanol–water partition coefficient (Wildman–Crippen LogP) is -2.71. The van der Waals surface area contributed by atoms with Gasteiger partial charge in [-0.25, -0.2) is 4.79 Å². The number of nitrogens with one attached hydrogen (secondary N) is 2. The summed E-state index contributed by atoms with van der Waals surface area (Å²) in [6, 6.07) is 6.09. The van der Waals surface area contributed by atoms with Crippen molar-refractivity contribution in [3.63, 3.8) is 0 Å². The van der Waals surface area contributed by atoms with Gasteiger partial charge in [0.2, 0.25) is 18.2 Å². The van der Waals surface area contributed by atoms with E-state index < -0.39 is 30.0 Å². The van der Waals surface area contributed by atoms with Crippen LogP contribution in [-0.2, 0) is 25.6 Å². The molecule has 1 aliphatic heterocycles. The third kappa shape index (κ3) is 6.61. The molecule has 1 fully saturated rings. The maximum Gasteiger partial charge on any atom is 1.00 e. The summed E-state index contributed by atoms with van der Waals surface area (Å²) in [5.41, 5.74) is 0.861. The summed E-state index contributed by atoms with van der Waals surface area (Å²) in [6.07, 6.45) is 1.41. The van der Waals surface area contributed by atoms with Gasteiger partial charge in [-0.1, -0.05) is 44.2 Å². The van der Waals surface area contributed by atoms with Crippen molar-refractivity contribution in [3.8, 4) is 0 Å². The Hall–Kier alpha value is -1.90. The summed E-state index contributed by atoms with van der Waals surface area (Å²) in [5, 5.41) is 14.5. The van der Waals surface area contributed by atoms with Crippen molar-refractivity contribution in [2.24, 2.45) is 5.92 Å². The van der Waals surface area contributed by atoms with E-state index in [1.54, 1.807) is 0 Å². The number of rotatable bonds is 10. The first-order chi connectivity index (χ1) is 12.8. The average Bonchev–Trinajstić information content (AvgIpc) is 3.36. The van der Waals surface area contributed by atoms with Crippen LogP contribution in [0, 0.1) is 5.92 Å². The van der Waals surface area contributed by atoms with E-state index in [9.17, 15) is 19.2 Å². The van der Waals surface area contributed by atoms with E-state index in [1.165, 1.54) is 0 Å². The summed E-state index contributed by atoms with van der Waals surface area (Å²) < 4.78 is 0. The van der Waals surface area contributed by atoms with E-state index in [1.807, 2.05) is 44.2 Å². The zero-order valence-electron chi connectivity index (χ0n) is 17.4. The number of hydrogen-bond acceptors (Lipinski definition) is 4. The Balaban J connectivity index is 0.00000392. The van der Waals surface area contributed by atoms with Crippen LogP contribution in [0.2, 0.25) is 0 Å². The molecule has 8 nitrogen and oxygen atoms in total. The van der Waals surface area contributed by atoms with Crippen molar-refractivity contribution in [2.75, 3.05) is 6.54 Å². The van der Waals surface area contributed by atoms with Gasteiger partial charge in [0.05, 0.1) is 0 Å². The van der Waals surface area contributed by atoms with E-state index in [4.69, 9.17) is 5.11 Å². The molecule has 0 radical (unpaired) electrons. The molecule has 0 bridgehead atoms. The van der Waals surface area contributed by atoms with Gasteiger partial charge in [0.15, 0.2) is 6.04 Å². The van der Waals surface area contributed by atoms with Gasteiger partial charge in [0.25, 0.3) is 0 Å². The molecule has 3 N–H and O–H groups in total. The Morgan fingerprint density at radius 1 is 1.21 bits per heavy atom. The normalized spacial score (nSPS) is 18.6. The monoisotopic (exact) mass is 399 g/mol. The van der Waals surface area contributed by atoms with E-state index in [2.05, 4.69) is 10.6 Å². The molecule has 3 atom stereocenters. The number of aliphatic carboxylic acids is 1. The second kappa shape index (κ2) is 11.2. The van der Waals surface area contributed by atoms with Gasteiger partial charge >= 0.3 is 35.5 Å². The van der Waals surface area contributed by atoms with Crippen LogP contribution in [0.1, 0.15) is 27.3 Å². The van der Waals surface area contributed by atoms with Gasteiger partial charge in [-0.3, -0.25) is 14.4 Å². The Morgan fingerprint density at radius 2 is 1.86 bits per heavy atom. The molecule has 0 aromatic heterocycles. The van der Waals surface area contributed by atoms with Crippen LogP contribution < -0.4 is 40.2 Å². The molecule has 0 unspecified atom stereocenters.